The number of carbonyl (C=O) groups excluding carboxylic acids is 3. The zero-order valence-corrected chi connectivity index (χ0v) is 24.3. The second-order valence-electron chi connectivity index (χ2n) is 9.82. The maximum Gasteiger partial charge on any atom is 0.272 e. The normalized spacial score (nSPS) is 11.9. The maximum absolute atomic E-state index is 13.3. The van der Waals surface area contributed by atoms with Crippen molar-refractivity contribution in [1.82, 2.24) is 5.32 Å². The van der Waals surface area contributed by atoms with E-state index >= 15 is 0 Å². The molecular formula is C34H33N3O3S. The van der Waals surface area contributed by atoms with E-state index in [0.29, 0.717) is 11.3 Å². The highest BCUT2D eigenvalue weighted by Crippen LogP contribution is 2.26. The summed E-state index contributed by atoms with van der Waals surface area (Å²) in [7, 11) is 0. The average molecular weight is 564 g/mol. The summed E-state index contributed by atoms with van der Waals surface area (Å²) in [4.78, 5) is 39.7. The van der Waals surface area contributed by atoms with Gasteiger partial charge >= 0.3 is 0 Å². The van der Waals surface area contributed by atoms with E-state index in [9.17, 15) is 14.4 Å². The third-order valence-corrected chi connectivity index (χ3v) is 7.60. The number of benzene rings is 4. The van der Waals surface area contributed by atoms with E-state index in [2.05, 4.69) is 16.0 Å². The second-order valence-corrected chi connectivity index (χ2v) is 11.2. The SMILES string of the molecule is Cc1ccc(/C=C(\NC(=O)c2ccccc2)C(=O)Nc2ccc(SC(C)C(=O)Nc3ccc(C)c(C)c3)cc2)cc1. The Bertz CT molecular complexity index is 1560. The molecule has 0 aliphatic rings. The van der Waals surface area contributed by atoms with Crippen LogP contribution in [0.25, 0.3) is 6.08 Å². The molecule has 0 radical (unpaired) electrons. The lowest BCUT2D eigenvalue weighted by Crippen LogP contribution is -2.30. The first-order valence-electron chi connectivity index (χ1n) is 13.3. The number of hydrogen-bond donors (Lipinski definition) is 3. The summed E-state index contributed by atoms with van der Waals surface area (Å²) in [5.41, 5.74) is 6.09. The highest BCUT2D eigenvalue weighted by Gasteiger charge is 2.17. The van der Waals surface area contributed by atoms with E-state index in [-0.39, 0.29) is 22.8 Å². The van der Waals surface area contributed by atoms with Crippen molar-refractivity contribution in [2.24, 2.45) is 0 Å². The summed E-state index contributed by atoms with van der Waals surface area (Å²) in [6, 6.07) is 29.5. The number of rotatable bonds is 9. The molecule has 208 valence electrons. The summed E-state index contributed by atoms with van der Waals surface area (Å²) in [5.74, 6) is -0.911. The second kappa shape index (κ2) is 13.6. The van der Waals surface area contributed by atoms with Gasteiger partial charge in [-0.2, -0.15) is 0 Å². The topological polar surface area (TPSA) is 87.3 Å². The van der Waals surface area contributed by atoms with E-state index in [1.54, 1.807) is 42.5 Å². The molecule has 4 aromatic rings. The van der Waals surface area contributed by atoms with Crippen molar-refractivity contribution in [2.75, 3.05) is 10.6 Å². The molecule has 0 spiro atoms. The van der Waals surface area contributed by atoms with Gasteiger partial charge in [0.25, 0.3) is 11.8 Å². The Hall–Kier alpha value is -4.62. The Morgan fingerprint density at radius 1 is 0.732 bits per heavy atom. The van der Waals surface area contributed by atoms with Gasteiger partial charge in [-0.25, -0.2) is 0 Å². The Morgan fingerprint density at radius 2 is 1.39 bits per heavy atom. The molecule has 4 rings (SSSR count). The molecule has 0 saturated carbocycles. The standard InChI is InChI=1S/C34H33N3O3S/c1-22-10-13-26(14-11-22)21-31(37-33(39)27-8-6-5-7-9-27)34(40)35-28-16-18-30(19-17-28)41-25(4)32(38)36-29-15-12-23(2)24(3)20-29/h5-21,25H,1-4H3,(H,35,40)(H,36,38)(H,37,39)/b31-21-. The van der Waals surface area contributed by atoms with Gasteiger partial charge in [0.05, 0.1) is 5.25 Å². The fourth-order valence-electron chi connectivity index (χ4n) is 3.91. The third-order valence-electron chi connectivity index (χ3n) is 6.49. The number of thioether (sulfide) groups is 1. The molecule has 3 N–H and O–H groups in total. The van der Waals surface area contributed by atoms with Crippen LogP contribution in [0.5, 0.6) is 0 Å². The first-order chi connectivity index (χ1) is 19.7. The molecule has 1 atom stereocenters. The highest BCUT2D eigenvalue weighted by atomic mass is 32.2. The minimum absolute atomic E-state index is 0.0873. The van der Waals surface area contributed by atoms with Crippen molar-refractivity contribution < 1.29 is 14.4 Å². The van der Waals surface area contributed by atoms with Crippen LogP contribution in [0.15, 0.2) is 108 Å². The van der Waals surface area contributed by atoms with Gasteiger partial charge in [0.15, 0.2) is 0 Å². The van der Waals surface area contributed by atoms with Gasteiger partial charge in [0, 0.05) is 21.8 Å². The van der Waals surface area contributed by atoms with Gasteiger partial charge in [-0.05, 0) is 99.0 Å². The number of anilines is 2. The van der Waals surface area contributed by atoms with Gasteiger partial charge in [0.1, 0.15) is 5.70 Å². The van der Waals surface area contributed by atoms with Crippen LogP contribution in [-0.2, 0) is 9.59 Å². The molecule has 6 nitrogen and oxygen atoms in total. The fraction of sp³-hybridized carbons (Fsp3) is 0.147. The van der Waals surface area contributed by atoms with E-state index in [1.807, 2.05) is 88.4 Å². The molecule has 0 aliphatic heterocycles. The van der Waals surface area contributed by atoms with Crippen molar-refractivity contribution in [1.29, 1.82) is 0 Å². The van der Waals surface area contributed by atoms with E-state index in [1.165, 1.54) is 17.3 Å². The van der Waals surface area contributed by atoms with Crippen LogP contribution in [-0.4, -0.2) is 23.0 Å². The summed E-state index contributed by atoms with van der Waals surface area (Å²) in [6.45, 7) is 7.89. The third kappa shape index (κ3) is 8.43. The lowest BCUT2D eigenvalue weighted by atomic mass is 10.1. The fourth-order valence-corrected chi connectivity index (χ4v) is 4.78. The van der Waals surface area contributed by atoms with Gasteiger partial charge < -0.3 is 16.0 Å². The van der Waals surface area contributed by atoms with Crippen LogP contribution < -0.4 is 16.0 Å². The summed E-state index contributed by atoms with van der Waals surface area (Å²) < 4.78 is 0. The number of aryl methyl sites for hydroxylation is 3. The Kier molecular flexibility index (Phi) is 9.77. The highest BCUT2D eigenvalue weighted by molar-refractivity contribution is 8.00. The molecule has 0 bridgehead atoms. The van der Waals surface area contributed by atoms with Crippen molar-refractivity contribution in [3.05, 3.63) is 131 Å². The molecule has 3 amide bonds. The number of nitrogens with one attached hydrogen (secondary N) is 3. The van der Waals surface area contributed by atoms with Crippen LogP contribution in [0.1, 0.15) is 39.5 Å². The first-order valence-corrected chi connectivity index (χ1v) is 14.2. The van der Waals surface area contributed by atoms with Crippen molar-refractivity contribution in [2.45, 2.75) is 37.8 Å². The van der Waals surface area contributed by atoms with Crippen LogP contribution in [0.2, 0.25) is 0 Å². The molecule has 0 aliphatic carbocycles. The molecule has 7 heteroatoms. The van der Waals surface area contributed by atoms with Crippen molar-refractivity contribution >= 4 is 46.9 Å². The smallest absolute Gasteiger partial charge is 0.272 e. The predicted octanol–water partition coefficient (Wildman–Crippen LogP) is 7.14. The van der Waals surface area contributed by atoms with E-state index < -0.39 is 5.91 Å². The number of carbonyl (C=O) groups is 3. The quantitative estimate of drug-likeness (QED) is 0.149. The average Bonchev–Trinajstić information content (AvgIpc) is 2.97. The Labute approximate surface area is 245 Å². The lowest BCUT2D eigenvalue weighted by Gasteiger charge is -2.14. The Morgan fingerprint density at radius 3 is 2.05 bits per heavy atom. The van der Waals surface area contributed by atoms with Crippen molar-refractivity contribution in [3.8, 4) is 0 Å². The molecule has 0 fully saturated rings. The van der Waals surface area contributed by atoms with E-state index in [0.717, 1.165) is 27.3 Å². The molecule has 0 saturated heterocycles. The summed E-state index contributed by atoms with van der Waals surface area (Å²) in [6.07, 6.45) is 1.65. The van der Waals surface area contributed by atoms with Gasteiger partial charge in [-0.3, -0.25) is 14.4 Å². The van der Waals surface area contributed by atoms with Crippen molar-refractivity contribution in [3.63, 3.8) is 0 Å². The largest absolute Gasteiger partial charge is 0.325 e. The zero-order chi connectivity index (χ0) is 29.4. The van der Waals surface area contributed by atoms with Gasteiger partial charge in [-0.1, -0.05) is 54.1 Å². The minimum Gasteiger partial charge on any atom is -0.325 e. The summed E-state index contributed by atoms with van der Waals surface area (Å²) in [5, 5.41) is 8.27. The molecule has 41 heavy (non-hydrogen) atoms. The number of hydrogen-bond acceptors (Lipinski definition) is 4. The molecule has 0 aromatic heterocycles. The van der Waals surface area contributed by atoms with Crippen LogP contribution >= 0.6 is 11.8 Å². The van der Waals surface area contributed by atoms with Crippen LogP contribution in [0.4, 0.5) is 11.4 Å². The predicted molar refractivity (Wildman–Crippen MR) is 168 cm³/mol. The number of amides is 3. The lowest BCUT2D eigenvalue weighted by molar-refractivity contribution is -0.115. The maximum atomic E-state index is 13.3. The van der Waals surface area contributed by atoms with Gasteiger partial charge in [-0.15, -0.1) is 11.8 Å². The van der Waals surface area contributed by atoms with Crippen LogP contribution in [0, 0.1) is 20.8 Å². The van der Waals surface area contributed by atoms with E-state index in [4.69, 9.17) is 0 Å². The van der Waals surface area contributed by atoms with Gasteiger partial charge in [0.2, 0.25) is 5.91 Å². The zero-order valence-electron chi connectivity index (χ0n) is 23.5. The molecule has 0 heterocycles. The Balaban J connectivity index is 1.42. The minimum atomic E-state index is -0.448. The molecule has 1 unspecified atom stereocenters. The van der Waals surface area contributed by atoms with Crippen LogP contribution in [0.3, 0.4) is 0 Å². The summed E-state index contributed by atoms with van der Waals surface area (Å²) >= 11 is 1.43. The molecule has 4 aromatic carbocycles. The molecular weight excluding hydrogens is 530 g/mol. The first kappa shape index (κ1) is 29.4. The monoisotopic (exact) mass is 563 g/mol.